The zero-order chi connectivity index (χ0) is 14.5. The highest BCUT2D eigenvalue weighted by atomic mass is 32.1. The van der Waals surface area contributed by atoms with E-state index < -0.39 is 0 Å². The van der Waals surface area contributed by atoms with E-state index in [1.54, 1.807) is 7.11 Å². The molecule has 0 heterocycles. The second-order valence-corrected chi connectivity index (χ2v) is 5.54. The summed E-state index contributed by atoms with van der Waals surface area (Å²) in [6.45, 7) is 4.31. The lowest BCUT2D eigenvalue weighted by Crippen LogP contribution is -2.47. The minimum Gasteiger partial charge on any atom is -0.389 e. The number of hydrogen-bond acceptors (Lipinski definition) is 3. The zero-order valence-corrected chi connectivity index (χ0v) is 12.3. The van der Waals surface area contributed by atoms with Gasteiger partial charge in [0.05, 0.1) is 18.6 Å². The zero-order valence-electron chi connectivity index (χ0n) is 11.5. The van der Waals surface area contributed by atoms with Gasteiger partial charge in [0.15, 0.2) is 0 Å². The second-order valence-electron chi connectivity index (χ2n) is 5.10. The minimum atomic E-state index is -0.370. The fourth-order valence-electron chi connectivity index (χ4n) is 1.79. The molecule has 0 aromatic heterocycles. The lowest BCUT2D eigenvalue weighted by Gasteiger charge is -2.25. The number of nitrogens with one attached hydrogen (secondary N) is 1. The SMILES string of the molecule is COCC(C)(C)NC(=O)Cc1ccc(C(N)=S)cc1. The van der Waals surface area contributed by atoms with E-state index in [1.165, 1.54) is 0 Å². The maximum absolute atomic E-state index is 11.9. The lowest BCUT2D eigenvalue weighted by molar-refractivity contribution is -0.122. The number of nitrogens with two attached hydrogens (primary N) is 1. The molecule has 1 aromatic rings. The summed E-state index contributed by atoms with van der Waals surface area (Å²) in [5, 5.41) is 2.93. The molecule has 1 aromatic carbocycles. The molecule has 19 heavy (non-hydrogen) atoms. The smallest absolute Gasteiger partial charge is 0.224 e. The van der Waals surface area contributed by atoms with Crippen molar-refractivity contribution in [1.82, 2.24) is 5.32 Å². The van der Waals surface area contributed by atoms with Crippen molar-refractivity contribution >= 4 is 23.1 Å². The van der Waals surface area contributed by atoms with Crippen molar-refractivity contribution in [3.8, 4) is 0 Å². The summed E-state index contributed by atoms with van der Waals surface area (Å²) in [4.78, 5) is 12.3. The van der Waals surface area contributed by atoms with Gasteiger partial charge < -0.3 is 15.8 Å². The predicted octanol–water partition coefficient (Wildman–Crippen LogP) is 1.40. The standard InChI is InChI=1S/C14H20N2O2S/c1-14(2,9-18-3)16-12(17)8-10-4-6-11(7-5-10)13(15)19/h4-7H,8-9H2,1-3H3,(H2,15,19)(H,16,17). The van der Waals surface area contributed by atoms with Gasteiger partial charge in [-0.25, -0.2) is 0 Å². The Morgan fingerprint density at radius 2 is 1.95 bits per heavy atom. The van der Waals surface area contributed by atoms with Crippen molar-refractivity contribution in [1.29, 1.82) is 0 Å². The molecule has 3 N–H and O–H groups in total. The Bertz CT molecular complexity index is 455. The molecular weight excluding hydrogens is 260 g/mol. The molecule has 0 saturated carbocycles. The summed E-state index contributed by atoms with van der Waals surface area (Å²) in [5.74, 6) is -0.0369. The van der Waals surface area contributed by atoms with Crippen LogP contribution in [0, 0.1) is 0 Å². The van der Waals surface area contributed by atoms with E-state index in [0.29, 0.717) is 18.0 Å². The van der Waals surface area contributed by atoms with Crippen molar-refractivity contribution < 1.29 is 9.53 Å². The Morgan fingerprint density at radius 1 is 1.37 bits per heavy atom. The fraction of sp³-hybridized carbons (Fsp3) is 0.429. The Hall–Kier alpha value is -1.46. The number of benzene rings is 1. The Labute approximate surface area is 119 Å². The van der Waals surface area contributed by atoms with Crippen molar-refractivity contribution in [2.24, 2.45) is 5.73 Å². The topological polar surface area (TPSA) is 64.3 Å². The van der Waals surface area contributed by atoms with Crippen molar-refractivity contribution in [2.45, 2.75) is 25.8 Å². The molecule has 1 amide bonds. The van der Waals surface area contributed by atoms with Gasteiger partial charge in [-0.3, -0.25) is 4.79 Å². The average Bonchev–Trinajstić information content (AvgIpc) is 2.28. The van der Waals surface area contributed by atoms with Crippen LogP contribution in [0.25, 0.3) is 0 Å². The van der Waals surface area contributed by atoms with Crippen LogP contribution in [0.5, 0.6) is 0 Å². The van der Waals surface area contributed by atoms with E-state index in [1.807, 2.05) is 38.1 Å². The van der Waals surface area contributed by atoms with Gasteiger partial charge >= 0.3 is 0 Å². The summed E-state index contributed by atoms with van der Waals surface area (Å²) < 4.78 is 5.06. The predicted molar refractivity (Wildman–Crippen MR) is 80.1 cm³/mol. The summed E-state index contributed by atoms with van der Waals surface area (Å²) in [6, 6.07) is 7.37. The lowest BCUT2D eigenvalue weighted by atomic mass is 10.0. The average molecular weight is 280 g/mol. The normalized spacial score (nSPS) is 11.1. The molecular formula is C14H20N2O2S. The van der Waals surface area contributed by atoms with Gasteiger partial charge in [-0.15, -0.1) is 0 Å². The molecule has 0 spiro atoms. The largest absolute Gasteiger partial charge is 0.389 e. The molecule has 0 unspecified atom stereocenters. The Balaban J connectivity index is 2.59. The molecule has 0 fully saturated rings. The number of rotatable bonds is 6. The molecule has 0 aliphatic carbocycles. The maximum Gasteiger partial charge on any atom is 0.224 e. The van der Waals surface area contributed by atoms with Crippen molar-refractivity contribution in [2.75, 3.05) is 13.7 Å². The molecule has 0 bridgehead atoms. The van der Waals surface area contributed by atoms with Crippen LogP contribution < -0.4 is 11.1 Å². The van der Waals surface area contributed by atoms with Gasteiger partial charge in [0.1, 0.15) is 4.99 Å². The minimum absolute atomic E-state index is 0.0369. The first-order valence-corrected chi connectivity index (χ1v) is 6.43. The monoisotopic (exact) mass is 280 g/mol. The van der Waals surface area contributed by atoms with Crippen molar-refractivity contribution in [3.05, 3.63) is 35.4 Å². The maximum atomic E-state index is 11.9. The van der Waals surface area contributed by atoms with Gasteiger partial charge in [-0.1, -0.05) is 36.5 Å². The molecule has 0 aliphatic heterocycles. The number of hydrogen-bond donors (Lipinski definition) is 2. The molecule has 5 heteroatoms. The highest BCUT2D eigenvalue weighted by Gasteiger charge is 2.20. The molecule has 0 saturated heterocycles. The van der Waals surface area contributed by atoms with E-state index in [0.717, 1.165) is 11.1 Å². The number of carbonyl (C=O) groups is 1. The van der Waals surface area contributed by atoms with Crippen LogP contribution in [0.2, 0.25) is 0 Å². The van der Waals surface area contributed by atoms with Crippen molar-refractivity contribution in [3.63, 3.8) is 0 Å². The number of amides is 1. The molecule has 4 nitrogen and oxygen atoms in total. The third kappa shape index (κ3) is 5.36. The Morgan fingerprint density at radius 3 is 2.42 bits per heavy atom. The fourth-order valence-corrected chi connectivity index (χ4v) is 1.93. The Kier molecular flexibility index (Phi) is 5.44. The number of thiocarbonyl (C=S) groups is 1. The number of methoxy groups -OCH3 is 1. The first-order chi connectivity index (χ1) is 8.84. The van der Waals surface area contributed by atoms with E-state index >= 15 is 0 Å². The molecule has 0 aliphatic rings. The third-order valence-corrected chi connectivity index (χ3v) is 2.82. The summed E-state index contributed by atoms with van der Waals surface area (Å²) in [6.07, 6.45) is 0.324. The summed E-state index contributed by atoms with van der Waals surface area (Å²) >= 11 is 4.88. The van der Waals surface area contributed by atoms with E-state index in [4.69, 9.17) is 22.7 Å². The van der Waals surface area contributed by atoms with Crippen LogP contribution in [-0.2, 0) is 16.0 Å². The van der Waals surface area contributed by atoms with Crippen LogP contribution in [0.4, 0.5) is 0 Å². The van der Waals surface area contributed by atoms with Crippen LogP contribution in [0.15, 0.2) is 24.3 Å². The highest BCUT2D eigenvalue weighted by Crippen LogP contribution is 2.07. The molecule has 1 rings (SSSR count). The quantitative estimate of drug-likeness (QED) is 0.773. The van der Waals surface area contributed by atoms with Gasteiger partial charge in [0.2, 0.25) is 5.91 Å². The van der Waals surface area contributed by atoms with E-state index in [2.05, 4.69) is 5.32 Å². The third-order valence-electron chi connectivity index (χ3n) is 2.59. The summed E-state index contributed by atoms with van der Waals surface area (Å²) in [5.41, 5.74) is 6.88. The van der Waals surface area contributed by atoms with Gasteiger partial charge in [0.25, 0.3) is 0 Å². The van der Waals surface area contributed by atoms with E-state index in [9.17, 15) is 4.79 Å². The number of ether oxygens (including phenoxy) is 1. The van der Waals surface area contributed by atoms with Gasteiger partial charge in [-0.2, -0.15) is 0 Å². The second kappa shape index (κ2) is 6.63. The molecule has 0 radical (unpaired) electrons. The van der Waals surface area contributed by atoms with Crippen LogP contribution in [0.3, 0.4) is 0 Å². The van der Waals surface area contributed by atoms with Gasteiger partial charge in [0, 0.05) is 12.7 Å². The van der Waals surface area contributed by atoms with E-state index in [-0.39, 0.29) is 11.4 Å². The highest BCUT2D eigenvalue weighted by molar-refractivity contribution is 7.80. The van der Waals surface area contributed by atoms with Gasteiger partial charge in [-0.05, 0) is 19.4 Å². The number of carbonyl (C=O) groups excluding carboxylic acids is 1. The molecule has 104 valence electrons. The first-order valence-electron chi connectivity index (χ1n) is 6.03. The summed E-state index contributed by atoms with van der Waals surface area (Å²) in [7, 11) is 1.61. The van der Waals surface area contributed by atoms with Crippen LogP contribution in [0.1, 0.15) is 25.0 Å². The van der Waals surface area contributed by atoms with Crippen LogP contribution >= 0.6 is 12.2 Å². The van der Waals surface area contributed by atoms with Crippen LogP contribution in [-0.4, -0.2) is 30.2 Å². The first kappa shape index (κ1) is 15.6. The molecule has 0 atom stereocenters.